The number of aliphatic hydroxyl groups is 1. The van der Waals surface area contributed by atoms with Crippen molar-refractivity contribution in [3.05, 3.63) is 47.0 Å². The molecule has 3 aromatic rings. The summed E-state index contributed by atoms with van der Waals surface area (Å²) >= 11 is 0. The fraction of sp³-hybridized carbons (Fsp3) is 0.350. The first-order valence-corrected chi connectivity index (χ1v) is 9.59. The molecule has 11 heteroatoms. The van der Waals surface area contributed by atoms with Crippen molar-refractivity contribution >= 4 is 17.0 Å². The molecule has 0 spiro atoms. The summed E-state index contributed by atoms with van der Waals surface area (Å²) in [5.41, 5.74) is 0.727. The van der Waals surface area contributed by atoms with E-state index in [2.05, 4.69) is 20.3 Å². The Labute approximate surface area is 174 Å². The van der Waals surface area contributed by atoms with E-state index in [-0.39, 0.29) is 48.4 Å². The van der Waals surface area contributed by atoms with Gasteiger partial charge in [-0.1, -0.05) is 6.07 Å². The summed E-state index contributed by atoms with van der Waals surface area (Å²) in [6.45, 7) is 0.225. The van der Waals surface area contributed by atoms with E-state index < -0.39 is 36.1 Å². The van der Waals surface area contributed by atoms with Crippen molar-refractivity contribution in [2.75, 3.05) is 18.5 Å². The summed E-state index contributed by atoms with van der Waals surface area (Å²) in [4.78, 5) is 11.5. The highest BCUT2D eigenvalue weighted by molar-refractivity contribution is 5.77. The number of nitriles is 1. The summed E-state index contributed by atoms with van der Waals surface area (Å²) in [5.74, 6) is -1.25. The number of nitrogens with one attached hydrogen (secondary N) is 2. The number of ether oxygens (including phenoxy) is 3. The Morgan fingerprint density at radius 1 is 1.23 bits per heavy atom. The summed E-state index contributed by atoms with van der Waals surface area (Å²) in [6.07, 6.45) is -1.99. The van der Waals surface area contributed by atoms with Crippen molar-refractivity contribution in [3.63, 3.8) is 0 Å². The van der Waals surface area contributed by atoms with Gasteiger partial charge in [0.1, 0.15) is 41.8 Å². The number of rotatable bonds is 5. The molecule has 0 aliphatic carbocycles. The lowest BCUT2D eigenvalue weighted by Gasteiger charge is -2.15. The monoisotopic (exact) mass is 429 g/mol. The molecular weight excluding hydrogens is 412 g/mol. The molecule has 0 bridgehead atoms. The van der Waals surface area contributed by atoms with E-state index in [0.717, 1.165) is 12.1 Å². The maximum absolute atomic E-state index is 13.9. The van der Waals surface area contributed by atoms with Crippen molar-refractivity contribution in [2.45, 2.75) is 31.0 Å². The SMILES string of the molecule is N#Cc1cc2[nH]c(O[C@@H]3COC4C3OC[C@H]4O)nc2nc1NCc1c(F)cccc1F. The quantitative estimate of drug-likeness (QED) is 0.559. The molecule has 2 saturated heterocycles. The number of nitrogens with zero attached hydrogens (tertiary/aromatic N) is 3. The molecule has 0 radical (unpaired) electrons. The topological polar surface area (TPSA) is 125 Å². The molecule has 9 nitrogen and oxygen atoms in total. The Balaban J connectivity index is 1.37. The lowest BCUT2D eigenvalue weighted by atomic mass is 10.1. The van der Waals surface area contributed by atoms with Crippen LogP contribution in [0.15, 0.2) is 24.3 Å². The molecule has 5 rings (SSSR count). The van der Waals surface area contributed by atoms with Crippen LogP contribution in [-0.2, 0) is 16.0 Å². The zero-order valence-electron chi connectivity index (χ0n) is 16.0. The minimum Gasteiger partial charge on any atom is -0.456 e. The van der Waals surface area contributed by atoms with E-state index in [9.17, 15) is 19.1 Å². The van der Waals surface area contributed by atoms with Crippen LogP contribution in [0.3, 0.4) is 0 Å². The number of aliphatic hydroxyl groups excluding tert-OH is 1. The van der Waals surface area contributed by atoms with Crippen LogP contribution < -0.4 is 10.1 Å². The van der Waals surface area contributed by atoms with Gasteiger partial charge in [-0.05, 0) is 18.2 Å². The van der Waals surface area contributed by atoms with E-state index >= 15 is 0 Å². The molecule has 2 aromatic heterocycles. The second-order valence-electron chi connectivity index (χ2n) is 7.28. The van der Waals surface area contributed by atoms with Gasteiger partial charge in [-0.2, -0.15) is 10.2 Å². The highest BCUT2D eigenvalue weighted by Gasteiger charge is 2.48. The molecule has 31 heavy (non-hydrogen) atoms. The van der Waals surface area contributed by atoms with Crippen LogP contribution in [0, 0.1) is 23.0 Å². The van der Waals surface area contributed by atoms with Crippen LogP contribution in [0.1, 0.15) is 11.1 Å². The Morgan fingerprint density at radius 2 is 2.00 bits per heavy atom. The average molecular weight is 429 g/mol. The lowest BCUT2D eigenvalue weighted by molar-refractivity contribution is 0.00706. The summed E-state index contributed by atoms with van der Waals surface area (Å²) in [6, 6.07) is 7.27. The third-order valence-corrected chi connectivity index (χ3v) is 5.31. The number of benzene rings is 1. The molecule has 160 valence electrons. The van der Waals surface area contributed by atoms with Crippen molar-refractivity contribution in [2.24, 2.45) is 0 Å². The van der Waals surface area contributed by atoms with E-state index in [1.165, 1.54) is 12.1 Å². The fourth-order valence-corrected chi connectivity index (χ4v) is 3.76. The Hall–Kier alpha value is -3.33. The molecular formula is C20H17F2N5O4. The number of aromatic nitrogens is 3. The predicted molar refractivity (Wildman–Crippen MR) is 102 cm³/mol. The Kier molecular flexibility index (Phi) is 4.90. The van der Waals surface area contributed by atoms with Crippen LogP contribution in [-0.4, -0.2) is 57.7 Å². The van der Waals surface area contributed by atoms with Gasteiger partial charge in [0.05, 0.1) is 24.3 Å². The van der Waals surface area contributed by atoms with Gasteiger partial charge in [-0.15, -0.1) is 0 Å². The average Bonchev–Trinajstić information content (AvgIpc) is 3.43. The number of aromatic amines is 1. The third-order valence-electron chi connectivity index (χ3n) is 5.31. The summed E-state index contributed by atoms with van der Waals surface area (Å²) in [7, 11) is 0. The van der Waals surface area contributed by atoms with E-state index in [4.69, 9.17) is 14.2 Å². The number of hydrogen-bond acceptors (Lipinski definition) is 8. The van der Waals surface area contributed by atoms with Gasteiger partial charge in [-0.25, -0.2) is 13.8 Å². The van der Waals surface area contributed by atoms with Gasteiger partial charge < -0.3 is 29.6 Å². The van der Waals surface area contributed by atoms with Crippen LogP contribution in [0.25, 0.3) is 11.2 Å². The van der Waals surface area contributed by atoms with Gasteiger partial charge >= 0.3 is 0 Å². The molecule has 3 N–H and O–H groups in total. The second kappa shape index (κ2) is 7.73. The van der Waals surface area contributed by atoms with E-state index in [0.29, 0.717) is 5.52 Å². The van der Waals surface area contributed by atoms with Crippen LogP contribution in [0.2, 0.25) is 0 Å². The molecule has 2 unspecified atom stereocenters. The highest BCUT2D eigenvalue weighted by Crippen LogP contribution is 2.30. The van der Waals surface area contributed by atoms with Crippen molar-refractivity contribution < 1.29 is 28.1 Å². The number of pyridine rings is 1. The Morgan fingerprint density at radius 3 is 2.77 bits per heavy atom. The fourth-order valence-electron chi connectivity index (χ4n) is 3.76. The van der Waals surface area contributed by atoms with Crippen molar-refractivity contribution in [1.29, 1.82) is 5.26 Å². The molecule has 4 atom stereocenters. The molecule has 1 aromatic carbocycles. The standard InChI is InChI=1S/C20H17F2N5O4/c21-11-2-1-3-12(22)10(11)6-24-18-9(5-23)4-13-19(26-18)27-20(25-13)31-15-8-30-16-14(28)7-29-17(15)16/h1-4,14-17,28H,6-8H2,(H2,24,25,26,27)/t14-,15-,16?,17?/m1/s1. The number of hydrogen-bond donors (Lipinski definition) is 3. The summed E-state index contributed by atoms with van der Waals surface area (Å²) < 4.78 is 44.6. The normalized spacial score (nSPS) is 24.8. The Bertz CT molecular complexity index is 1160. The third kappa shape index (κ3) is 3.54. The molecule has 0 amide bonds. The largest absolute Gasteiger partial charge is 0.456 e. The van der Waals surface area contributed by atoms with Crippen LogP contribution in [0.4, 0.5) is 14.6 Å². The molecule has 0 saturated carbocycles. The number of anilines is 1. The first-order valence-electron chi connectivity index (χ1n) is 9.59. The first kappa shape index (κ1) is 19.6. The lowest BCUT2D eigenvalue weighted by Crippen LogP contribution is -2.34. The maximum atomic E-state index is 13.9. The van der Waals surface area contributed by atoms with E-state index in [1.54, 1.807) is 0 Å². The maximum Gasteiger partial charge on any atom is 0.296 e. The minimum atomic E-state index is -0.695. The van der Waals surface area contributed by atoms with Crippen molar-refractivity contribution in [1.82, 2.24) is 15.0 Å². The number of halogens is 2. The predicted octanol–water partition coefficient (Wildman–Crippen LogP) is 1.63. The first-order chi connectivity index (χ1) is 15.0. The summed E-state index contributed by atoms with van der Waals surface area (Å²) in [5, 5.41) is 22.1. The highest BCUT2D eigenvalue weighted by atomic mass is 19.1. The van der Waals surface area contributed by atoms with Gasteiger partial charge in [0, 0.05) is 12.1 Å². The number of imidazole rings is 1. The van der Waals surface area contributed by atoms with Gasteiger partial charge in [-0.3, -0.25) is 0 Å². The molecule has 2 fully saturated rings. The molecule has 2 aliphatic rings. The second-order valence-corrected chi connectivity index (χ2v) is 7.28. The van der Waals surface area contributed by atoms with Gasteiger partial charge in [0.2, 0.25) is 0 Å². The van der Waals surface area contributed by atoms with Crippen LogP contribution >= 0.6 is 0 Å². The molecule has 4 heterocycles. The minimum absolute atomic E-state index is 0.141. The number of H-pyrrole nitrogens is 1. The van der Waals surface area contributed by atoms with Crippen LogP contribution in [0.5, 0.6) is 6.01 Å². The van der Waals surface area contributed by atoms with Gasteiger partial charge in [0.15, 0.2) is 11.8 Å². The zero-order valence-corrected chi connectivity index (χ0v) is 16.0. The van der Waals surface area contributed by atoms with Gasteiger partial charge in [0.25, 0.3) is 6.01 Å². The smallest absolute Gasteiger partial charge is 0.296 e. The van der Waals surface area contributed by atoms with Crippen molar-refractivity contribution in [3.8, 4) is 12.1 Å². The molecule has 2 aliphatic heterocycles. The number of fused-ring (bicyclic) bond motifs is 2. The zero-order chi connectivity index (χ0) is 21.5. The van der Waals surface area contributed by atoms with E-state index in [1.807, 2.05) is 6.07 Å².